The summed E-state index contributed by atoms with van der Waals surface area (Å²) in [6.07, 6.45) is 0.795. The van der Waals surface area contributed by atoms with Crippen LogP contribution in [-0.2, 0) is 0 Å². The number of anilines is 1. The Kier molecular flexibility index (Phi) is 5.74. The molecule has 2 heterocycles. The van der Waals surface area contributed by atoms with E-state index in [2.05, 4.69) is 26.2 Å². The lowest BCUT2D eigenvalue weighted by Gasteiger charge is -2.13. The summed E-state index contributed by atoms with van der Waals surface area (Å²) in [6.45, 7) is 2.94. The molecule has 1 aromatic heterocycles. The molecule has 0 fully saturated rings. The van der Waals surface area contributed by atoms with Crippen LogP contribution in [0.15, 0.2) is 53.0 Å². The van der Waals surface area contributed by atoms with Crippen LogP contribution in [0.1, 0.15) is 22.5 Å². The van der Waals surface area contributed by atoms with E-state index < -0.39 is 0 Å². The first kappa shape index (κ1) is 19.7. The fourth-order valence-corrected chi connectivity index (χ4v) is 3.68. The van der Waals surface area contributed by atoms with Crippen molar-refractivity contribution in [1.82, 2.24) is 4.98 Å². The Hall–Kier alpha value is -2.57. The average Bonchev–Trinajstić information content (AvgIpc) is 2.93. The van der Waals surface area contributed by atoms with Gasteiger partial charge in [0.25, 0.3) is 5.91 Å². The van der Waals surface area contributed by atoms with Crippen LogP contribution in [0.3, 0.4) is 0 Å². The number of pyridine rings is 1. The van der Waals surface area contributed by atoms with Crippen molar-refractivity contribution in [3.05, 3.63) is 69.3 Å². The van der Waals surface area contributed by atoms with Crippen molar-refractivity contribution in [3.63, 3.8) is 0 Å². The third kappa shape index (κ3) is 4.38. The van der Waals surface area contributed by atoms with E-state index in [0.717, 1.165) is 22.2 Å². The number of rotatable bonds is 3. The number of nitrogens with zero attached hydrogens (tertiary/aromatic N) is 1. The van der Waals surface area contributed by atoms with Crippen LogP contribution in [0, 0.1) is 6.92 Å². The highest BCUT2D eigenvalue weighted by Crippen LogP contribution is 2.38. The standard InChI is InChI=1S/C22H18BrClN2O3/c1-13-16(6-7-18(25-13)14-4-2-5-15(23)10-14)22(27)26-19-12-21-20(11-17(19)24)28-8-3-9-29-21/h2,4-7,10-12H,3,8-9H2,1H3,(H,26,27). The first-order chi connectivity index (χ1) is 14.0. The van der Waals surface area contributed by atoms with Gasteiger partial charge >= 0.3 is 0 Å². The number of benzene rings is 2. The van der Waals surface area contributed by atoms with Crippen molar-refractivity contribution >= 4 is 39.1 Å². The summed E-state index contributed by atoms with van der Waals surface area (Å²) in [7, 11) is 0. The first-order valence-electron chi connectivity index (χ1n) is 9.15. The lowest BCUT2D eigenvalue weighted by molar-refractivity contribution is 0.102. The second-order valence-corrected chi connectivity index (χ2v) is 7.95. The van der Waals surface area contributed by atoms with Crippen molar-refractivity contribution in [1.29, 1.82) is 0 Å². The summed E-state index contributed by atoms with van der Waals surface area (Å²) in [5.74, 6) is 0.871. The molecule has 0 atom stereocenters. The molecule has 4 rings (SSSR count). The summed E-state index contributed by atoms with van der Waals surface area (Å²) in [6, 6.07) is 14.8. The zero-order valence-electron chi connectivity index (χ0n) is 15.7. The number of aromatic nitrogens is 1. The van der Waals surface area contributed by atoms with Crippen LogP contribution in [-0.4, -0.2) is 24.1 Å². The highest BCUT2D eigenvalue weighted by molar-refractivity contribution is 9.10. The normalized spacial score (nSPS) is 12.9. The van der Waals surface area contributed by atoms with Crippen molar-refractivity contribution in [3.8, 4) is 22.8 Å². The number of nitrogens with one attached hydrogen (secondary N) is 1. The number of ether oxygens (including phenoxy) is 2. The number of fused-ring (bicyclic) bond motifs is 1. The number of hydrogen-bond acceptors (Lipinski definition) is 4. The van der Waals surface area contributed by atoms with E-state index in [4.69, 9.17) is 21.1 Å². The predicted molar refractivity (Wildman–Crippen MR) is 117 cm³/mol. The summed E-state index contributed by atoms with van der Waals surface area (Å²) >= 11 is 9.80. The van der Waals surface area contributed by atoms with Gasteiger partial charge in [0, 0.05) is 28.6 Å². The topological polar surface area (TPSA) is 60.5 Å². The van der Waals surface area contributed by atoms with E-state index in [9.17, 15) is 4.79 Å². The highest BCUT2D eigenvalue weighted by Gasteiger charge is 2.18. The number of aryl methyl sites for hydroxylation is 1. The fraction of sp³-hybridized carbons (Fsp3) is 0.182. The Morgan fingerprint density at radius 2 is 1.86 bits per heavy atom. The Morgan fingerprint density at radius 3 is 2.59 bits per heavy atom. The molecule has 1 amide bonds. The van der Waals surface area contributed by atoms with Crippen molar-refractivity contribution in [2.24, 2.45) is 0 Å². The van der Waals surface area contributed by atoms with Crippen molar-refractivity contribution in [2.45, 2.75) is 13.3 Å². The van der Waals surface area contributed by atoms with Crippen LogP contribution in [0.2, 0.25) is 5.02 Å². The van der Waals surface area contributed by atoms with Gasteiger partial charge in [0.2, 0.25) is 0 Å². The van der Waals surface area contributed by atoms with Gasteiger partial charge in [0.05, 0.1) is 40.9 Å². The predicted octanol–water partition coefficient (Wildman–Crippen LogP) is 5.89. The first-order valence-corrected chi connectivity index (χ1v) is 10.3. The molecule has 7 heteroatoms. The molecule has 5 nitrogen and oxygen atoms in total. The van der Waals surface area contributed by atoms with E-state index in [1.54, 1.807) is 18.2 Å². The summed E-state index contributed by atoms with van der Waals surface area (Å²) in [5.41, 5.74) is 3.35. The molecule has 1 N–H and O–H groups in total. The molecule has 0 bridgehead atoms. The monoisotopic (exact) mass is 472 g/mol. The fourth-order valence-electron chi connectivity index (χ4n) is 3.08. The molecule has 0 radical (unpaired) electrons. The highest BCUT2D eigenvalue weighted by atomic mass is 79.9. The summed E-state index contributed by atoms with van der Waals surface area (Å²) in [4.78, 5) is 17.4. The molecular weight excluding hydrogens is 456 g/mol. The molecule has 0 saturated carbocycles. The van der Waals surface area contributed by atoms with Gasteiger partial charge in [0.15, 0.2) is 11.5 Å². The maximum atomic E-state index is 12.8. The summed E-state index contributed by atoms with van der Waals surface area (Å²) < 4.78 is 12.3. The largest absolute Gasteiger partial charge is 0.490 e. The van der Waals surface area contributed by atoms with E-state index in [-0.39, 0.29) is 5.91 Å². The molecule has 2 aromatic carbocycles. The SMILES string of the molecule is Cc1nc(-c2cccc(Br)c2)ccc1C(=O)Nc1cc2c(cc1Cl)OCCCO2. The molecule has 0 saturated heterocycles. The zero-order valence-corrected chi connectivity index (χ0v) is 18.0. The van der Waals surface area contributed by atoms with Gasteiger partial charge in [-0.05, 0) is 31.2 Å². The van der Waals surface area contributed by atoms with E-state index in [1.165, 1.54) is 0 Å². The van der Waals surface area contributed by atoms with Crippen LogP contribution < -0.4 is 14.8 Å². The van der Waals surface area contributed by atoms with Gasteiger partial charge in [-0.25, -0.2) is 0 Å². The Balaban J connectivity index is 1.58. The third-order valence-electron chi connectivity index (χ3n) is 4.54. The molecule has 148 valence electrons. The molecule has 1 aliphatic heterocycles. The van der Waals surface area contributed by atoms with Gasteiger partial charge in [-0.3, -0.25) is 9.78 Å². The van der Waals surface area contributed by atoms with Gasteiger partial charge in [0.1, 0.15) is 0 Å². The van der Waals surface area contributed by atoms with E-state index in [1.807, 2.05) is 37.3 Å². The zero-order chi connectivity index (χ0) is 20.4. The van der Waals surface area contributed by atoms with Crippen LogP contribution in [0.4, 0.5) is 5.69 Å². The van der Waals surface area contributed by atoms with Crippen LogP contribution >= 0.6 is 27.5 Å². The molecular formula is C22H18BrClN2O3. The Labute approximate surface area is 182 Å². The minimum Gasteiger partial charge on any atom is -0.490 e. The second kappa shape index (κ2) is 8.43. The second-order valence-electron chi connectivity index (χ2n) is 6.62. The van der Waals surface area contributed by atoms with Gasteiger partial charge in [-0.1, -0.05) is 39.7 Å². The Morgan fingerprint density at radius 1 is 1.10 bits per heavy atom. The van der Waals surface area contributed by atoms with Gasteiger partial charge in [-0.2, -0.15) is 0 Å². The molecule has 0 unspecified atom stereocenters. The quantitative estimate of drug-likeness (QED) is 0.515. The number of halogens is 2. The number of hydrogen-bond donors (Lipinski definition) is 1. The van der Waals surface area contributed by atoms with Crippen molar-refractivity contribution in [2.75, 3.05) is 18.5 Å². The lowest BCUT2D eigenvalue weighted by Crippen LogP contribution is -2.14. The molecule has 1 aliphatic rings. The van der Waals surface area contributed by atoms with Crippen molar-refractivity contribution < 1.29 is 14.3 Å². The maximum absolute atomic E-state index is 12.8. The maximum Gasteiger partial charge on any atom is 0.257 e. The lowest BCUT2D eigenvalue weighted by atomic mass is 10.1. The molecule has 0 spiro atoms. The number of amides is 1. The minimum atomic E-state index is -0.285. The third-order valence-corrected chi connectivity index (χ3v) is 5.34. The van der Waals surface area contributed by atoms with E-state index >= 15 is 0 Å². The minimum absolute atomic E-state index is 0.285. The molecule has 0 aliphatic carbocycles. The van der Waals surface area contributed by atoms with E-state index in [0.29, 0.717) is 46.7 Å². The smallest absolute Gasteiger partial charge is 0.257 e. The number of carbonyl (C=O) groups excluding carboxylic acids is 1. The molecule has 3 aromatic rings. The van der Waals surface area contributed by atoms with Crippen LogP contribution in [0.25, 0.3) is 11.3 Å². The van der Waals surface area contributed by atoms with Gasteiger partial charge in [-0.15, -0.1) is 0 Å². The molecule has 29 heavy (non-hydrogen) atoms. The van der Waals surface area contributed by atoms with Gasteiger partial charge < -0.3 is 14.8 Å². The number of carbonyl (C=O) groups is 1. The average molecular weight is 474 g/mol. The Bertz CT molecular complexity index is 1090. The van der Waals surface area contributed by atoms with Crippen LogP contribution in [0.5, 0.6) is 11.5 Å². The summed E-state index contributed by atoms with van der Waals surface area (Å²) in [5, 5.41) is 3.24.